The van der Waals surface area contributed by atoms with Gasteiger partial charge in [0.05, 0.1) is 13.7 Å². The number of aromatic hydroxyl groups is 1. The number of phenols is 1. The van der Waals surface area contributed by atoms with E-state index in [1.807, 2.05) is 12.1 Å². The standard InChI is InChI=1S/C20H34N4O2.HI/c1-4-17-10-6-7-13-24(17)14-12-22-20(21-5-2)23-15-16-9-8-11-18(26-3)19(16)25;/h8-9,11,17,25H,4-7,10,12-15H2,1-3H3,(H2,21,22,23);1H. The van der Waals surface area contributed by atoms with Crippen LogP contribution in [-0.4, -0.2) is 55.3 Å². The van der Waals surface area contributed by atoms with Crippen LogP contribution in [0.15, 0.2) is 23.2 Å². The zero-order chi connectivity index (χ0) is 18.8. The number of hydrogen-bond donors (Lipinski definition) is 3. The number of rotatable bonds is 8. The van der Waals surface area contributed by atoms with Gasteiger partial charge in [-0.15, -0.1) is 24.0 Å². The Kier molecular flexibility index (Phi) is 11.5. The molecule has 3 N–H and O–H groups in total. The molecule has 6 nitrogen and oxygen atoms in total. The summed E-state index contributed by atoms with van der Waals surface area (Å²) in [6.45, 7) is 8.64. The van der Waals surface area contributed by atoms with Crippen molar-refractivity contribution in [1.82, 2.24) is 15.5 Å². The molecule has 1 heterocycles. The minimum absolute atomic E-state index is 0. The molecule has 1 aromatic carbocycles. The second kappa shape index (κ2) is 13.0. The molecule has 0 saturated carbocycles. The SMILES string of the molecule is CCNC(=NCc1cccc(OC)c1O)NCCN1CCCCC1CC.I. The summed E-state index contributed by atoms with van der Waals surface area (Å²) in [7, 11) is 1.55. The number of methoxy groups -OCH3 is 1. The van der Waals surface area contributed by atoms with Crippen molar-refractivity contribution in [2.75, 3.05) is 33.3 Å². The Bertz CT molecular complexity index is 583. The van der Waals surface area contributed by atoms with Gasteiger partial charge >= 0.3 is 0 Å². The highest BCUT2D eigenvalue weighted by atomic mass is 127. The maximum Gasteiger partial charge on any atom is 0.191 e. The second-order valence-corrected chi connectivity index (χ2v) is 6.68. The van der Waals surface area contributed by atoms with Crippen molar-refractivity contribution in [3.05, 3.63) is 23.8 Å². The van der Waals surface area contributed by atoms with Gasteiger partial charge in [-0.25, -0.2) is 4.99 Å². The molecule has 0 spiro atoms. The summed E-state index contributed by atoms with van der Waals surface area (Å²) in [6, 6.07) is 6.20. The fraction of sp³-hybridized carbons (Fsp3) is 0.650. The minimum atomic E-state index is 0. The molecular formula is C20H35IN4O2. The molecule has 1 aliphatic heterocycles. The van der Waals surface area contributed by atoms with E-state index in [9.17, 15) is 5.11 Å². The Balaban J connectivity index is 0.00000364. The maximum atomic E-state index is 10.2. The predicted octanol–water partition coefficient (Wildman–Crippen LogP) is 3.34. The molecule has 1 unspecified atom stereocenters. The van der Waals surface area contributed by atoms with Crippen LogP contribution in [0.5, 0.6) is 11.5 Å². The number of benzene rings is 1. The third-order valence-corrected chi connectivity index (χ3v) is 4.97. The Morgan fingerprint density at radius 1 is 1.30 bits per heavy atom. The number of likely N-dealkylation sites (tertiary alicyclic amines) is 1. The second-order valence-electron chi connectivity index (χ2n) is 6.68. The molecular weight excluding hydrogens is 455 g/mol. The van der Waals surface area contributed by atoms with Crippen LogP contribution in [0.4, 0.5) is 0 Å². The molecule has 27 heavy (non-hydrogen) atoms. The van der Waals surface area contributed by atoms with E-state index in [0.717, 1.165) is 37.2 Å². The first-order valence-electron chi connectivity index (χ1n) is 9.80. The fourth-order valence-corrected chi connectivity index (χ4v) is 3.50. The van der Waals surface area contributed by atoms with Crippen molar-refractivity contribution in [2.45, 2.75) is 52.1 Å². The first-order valence-corrected chi connectivity index (χ1v) is 9.80. The van der Waals surface area contributed by atoms with Gasteiger partial charge in [0.1, 0.15) is 0 Å². The van der Waals surface area contributed by atoms with Gasteiger partial charge in [-0.05, 0) is 38.8 Å². The van der Waals surface area contributed by atoms with Crippen molar-refractivity contribution in [2.24, 2.45) is 4.99 Å². The molecule has 1 aromatic rings. The third kappa shape index (κ3) is 7.37. The summed E-state index contributed by atoms with van der Waals surface area (Å²) in [4.78, 5) is 7.19. The molecule has 0 aromatic heterocycles. The van der Waals surface area contributed by atoms with E-state index >= 15 is 0 Å². The minimum Gasteiger partial charge on any atom is -0.504 e. The molecule has 0 radical (unpaired) electrons. The molecule has 0 aliphatic carbocycles. The number of phenolic OH excluding ortho intramolecular Hbond substituents is 1. The monoisotopic (exact) mass is 490 g/mol. The summed E-state index contributed by atoms with van der Waals surface area (Å²) in [5, 5.41) is 16.9. The molecule has 0 amide bonds. The molecule has 1 aliphatic rings. The van der Waals surface area contributed by atoms with Crippen molar-refractivity contribution in [1.29, 1.82) is 0 Å². The molecule has 1 saturated heterocycles. The quantitative estimate of drug-likeness (QED) is 0.296. The summed E-state index contributed by atoms with van der Waals surface area (Å²) in [5.41, 5.74) is 0.753. The lowest BCUT2D eigenvalue weighted by atomic mass is 10.0. The lowest BCUT2D eigenvalue weighted by Crippen LogP contribution is -2.45. The van der Waals surface area contributed by atoms with Crippen molar-refractivity contribution < 1.29 is 9.84 Å². The van der Waals surface area contributed by atoms with Crippen LogP contribution in [0.1, 0.15) is 45.1 Å². The van der Waals surface area contributed by atoms with E-state index in [4.69, 9.17) is 4.74 Å². The highest BCUT2D eigenvalue weighted by Crippen LogP contribution is 2.29. The molecule has 0 bridgehead atoms. The van der Waals surface area contributed by atoms with Crippen molar-refractivity contribution in [3.63, 3.8) is 0 Å². The predicted molar refractivity (Wildman–Crippen MR) is 122 cm³/mol. The van der Waals surface area contributed by atoms with Gasteiger partial charge in [-0.2, -0.15) is 0 Å². The Morgan fingerprint density at radius 2 is 2.11 bits per heavy atom. The lowest BCUT2D eigenvalue weighted by Gasteiger charge is -2.35. The number of ether oxygens (including phenoxy) is 1. The zero-order valence-corrected chi connectivity index (χ0v) is 19.2. The van der Waals surface area contributed by atoms with Crippen molar-refractivity contribution in [3.8, 4) is 11.5 Å². The van der Waals surface area contributed by atoms with Crippen LogP contribution in [0.2, 0.25) is 0 Å². The maximum absolute atomic E-state index is 10.2. The van der Waals surface area contributed by atoms with Crippen LogP contribution in [0.3, 0.4) is 0 Å². The number of hydrogen-bond acceptors (Lipinski definition) is 4. The zero-order valence-electron chi connectivity index (χ0n) is 16.8. The molecule has 2 rings (SSSR count). The number of guanidine groups is 1. The largest absolute Gasteiger partial charge is 0.504 e. The van der Waals surface area contributed by atoms with Gasteiger partial charge in [0, 0.05) is 31.2 Å². The van der Waals surface area contributed by atoms with E-state index in [-0.39, 0.29) is 29.7 Å². The summed E-state index contributed by atoms with van der Waals surface area (Å²) in [6.07, 6.45) is 5.21. The van der Waals surface area contributed by atoms with Crippen LogP contribution in [0, 0.1) is 0 Å². The lowest BCUT2D eigenvalue weighted by molar-refractivity contribution is 0.147. The average molecular weight is 490 g/mol. The van der Waals surface area contributed by atoms with Gasteiger partial charge in [-0.3, -0.25) is 4.90 Å². The average Bonchev–Trinajstić information content (AvgIpc) is 2.67. The topological polar surface area (TPSA) is 69.1 Å². The molecule has 1 fully saturated rings. The first-order chi connectivity index (χ1) is 12.7. The Hall–Kier alpha value is -1.22. The fourth-order valence-electron chi connectivity index (χ4n) is 3.50. The first kappa shape index (κ1) is 23.8. The van der Waals surface area contributed by atoms with Crippen LogP contribution >= 0.6 is 24.0 Å². The normalized spacial score (nSPS) is 17.9. The smallest absolute Gasteiger partial charge is 0.191 e. The van der Waals surface area contributed by atoms with Crippen LogP contribution < -0.4 is 15.4 Å². The highest BCUT2D eigenvalue weighted by molar-refractivity contribution is 14.0. The molecule has 1 atom stereocenters. The summed E-state index contributed by atoms with van der Waals surface area (Å²) < 4.78 is 5.16. The van der Waals surface area contributed by atoms with Crippen molar-refractivity contribution >= 4 is 29.9 Å². The third-order valence-electron chi connectivity index (χ3n) is 4.97. The van der Waals surface area contributed by atoms with E-state index < -0.39 is 0 Å². The Morgan fingerprint density at radius 3 is 2.81 bits per heavy atom. The van der Waals surface area contributed by atoms with E-state index in [0.29, 0.717) is 12.3 Å². The van der Waals surface area contributed by atoms with Gasteiger partial charge in [-0.1, -0.05) is 25.5 Å². The Labute approximate surface area is 180 Å². The van der Waals surface area contributed by atoms with Gasteiger partial charge in [0.15, 0.2) is 17.5 Å². The van der Waals surface area contributed by atoms with Gasteiger partial charge in [0.2, 0.25) is 0 Å². The van der Waals surface area contributed by atoms with E-state index in [1.54, 1.807) is 13.2 Å². The molecule has 154 valence electrons. The number of nitrogens with one attached hydrogen (secondary N) is 2. The van der Waals surface area contributed by atoms with E-state index in [1.165, 1.54) is 32.2 Å². The summed E-state index contributed by atoms with van der Waals surface area (Å²) >= 11 is 0. The van der Waals surface area contributed by atoms with Gasteiger partial charge in [0.25, 0.3) is 0 Å². The van der Waals surface area contributed by atoms with E-state index in [2.05, 4.69) is 34.4 Å². The number of aliphatic imine (C=N–C) groups is 1. The van der Waals surface area contributed by atoms with Gasteiger partial charge < -0.3 is 20.5 Å². The number of nitrogens with zero attached hydrogens (tertiary/aromatic N) is 2. The molecule has 7 heteroatoms. The van der Waals surface area contributed by atoms with Crippen LogP contribution in [0.25, 0.3) is 0 Å². The number of halogens is 1. The number of para-hydroxylation sites is 1. The summed E-state index contributed by atoms with van der Waals surface area (Å²) in [5.74, 6) is 1.42. The number of piperidine rings is 1. The van der Waals surface area contributed by atoms with Crippen LogP contribution in [-0.2, 0) is 6.54 Å². The highest BCUT2D eigenvalue weighted by Gasteiger charge is 2.19.